The van der Waals surface area contributed by atoms with Crippen molar-refractivity contribution in [1.29, 1.82) is 0 Å². The second-order valence-electron chi connectivity index (χ2n) is 5.62. The molecule has 0 aliphatic carbocycles. The summed E-state index contributed by atoms with van der Waals surface area (Å²) in [5.74, 6) is 0.705. The van der Waals surface area contributed by atoms with Crippen LogP contribution in [0.15, 0.2) is 47.4 Å². The zero-order chi connectivity index (χ0) is 19.9. The normalized spacial score (nSPS) is 12.6. The van der Waals surface area contributed by atoms with E-state index in [-0.39, 0.29) is 6.42 Å². The standard InChI is InChI=1S/C20H22O6S/c1-23-16-10-14(11-17(24-2)18(16)25-3)12-20(13-21,19(22)26-4)27-15-8-6-5-7-9-15/h5-11,13H,12H2,1-4H3. The third-order valence-corrected chi connectivity index (χ3v) is 5.24. The number of esters is 1. The van der Waals surface area contributed by atoms with Crippen LogP contribution in [-0.4, -0.2) is 45.4 Å². The molecule has 0 amide bonds. The molecule has 2 aromatic rings. The van der Waals surface area contributed by atoms with Crippen LogP contribution in [0.5, 0.6) is 17.2 Å². The van der Waals surface area contributed by atoms with Gasteiger partial charge in [-0.05, 0) is 29.8 Å². The van der Waals surface area contributed by atoms with Crippen molar-refractivity contribution in [3.05, 3.63) is 48.0 Å². The number of benzene rings is 2. The van der Waals surface area contributed by atoms with Gasteiger partial charge in [-0.15, -0.1) is 0 Å². The molecule has 0 heterocycles. The van der Waals surface area contributed by atoms with Gasteiger partial charge in [0.25, 0.3) is 0 Å². The van der Waals surface area contributed by atoms with Crippen LogP contribution in [-0.2, 0) is 20.7 Å². The molecule has 0 radical (unpaired) electrons. The Hall–Kier alpha value is -2.67. The number of rotatable bonds is 9. The monoisotopic (exact) mass is 390 g/mol. The smallest absolute Gasteiger partial charge is 0.330 e. The van der Waals surface area contributed by atoms with Crippen molar-refractivity contribution in [2.24, 2.45) is 0 Å². The second-order valence-corrected chi connectivity index (χ2v) is 7.03. The van der Waals surface area contributed by atoms with Crippen LogP contribution in [0.1, 0.15) is 5.56 Å². The maximum atomic E-state index is 12.5. The lowest BCUT2D eigenvalue weighted by molar-refractivity contribution is -0.144. The number of carbonyl (C=O) groups excluding carboxylic acids is 2. The Morgan fingerprint density at radius 3 is 2.04 bits per heavy atom. The molecule has 144 valence electrons. The molecule has 0 saturated heterocycles. The van der Waals surface area contributed by atoms with E-state index in [1.807, 2.05) is 30.3 Å². The van der Waals surface area contributed by atoms with E-state index in [9.17, 15) is 9.59 Å². The van der Waals surface area contributed by atoms with Gasteiger partial charge in [0.05, 0.1) is 28.4 Å². The van der Waals surface area contributed by atoms with Gasteiger partial charge in [-0.2, -0.15) is 0 Å². The highest BCUT2D eigenvalue weighted by Crippen LogP contribution is 2.41. The van der Waals surface area contributed by atoms with E-state index >= 15 is 0 Å². The molecule has 27 heavy (non-hydrogen) atoms. The first kappa shape index (κ1) is 20.6. The summed E-state index contributed by atoms with van der Waals surface area (Å²) in [7, 11) is 5.79. The van der Waals surface area contributed by atoms with Gasteiger partial charge in [-0.25, -0.2) is 0 Å². The highest BCUT2D eigenvalue weighted by atomic mass is 32.2. The molecule has 1 unspecified atom stereocenters. The molecule has 0 aliphatic heterocycles. The average molecular weight is 390 g/mol. The summed E-state index contributed by atoms with van der Waals surface area (Å²) < 4.78 is 19.5. The van der Waals surface area contributed by atoms with E-state index in [2.05, 4.69) is 0 Å². The maximum Gasteiger partial charge on any atom is 0.330 e. The molecule has 0 aromatic heterocycles. The Morgan fingerprint density at radius 1 is 1.00 bits per heavy atom. The Bertz CT molecular complexity index is 767. The van der Waals surface area contributed by atoms with Crippen LogP contribution in [0.3, 0.4) is 0 Å². The van der Waals surface area contributed by atoms with E-state index in [0.717, 1.165) is 16.7 Å². The van der Waals surface area contributed by atoms with Crippen molar-refractivity contribution in [3.8, 4) is 17.2 Å². The van der Waals surface area contributed by atoms with Gasteiger partial charge in [0.1, 0.15) is 6.29 Å². The van der Waals surface area contributed by atoms with Crippen LogP contribution >= 0.6 is 11.8 Å². The zero-order valence-electron chi connectivity index (χ0n) is 15.7. The molecule has 0 fully saturated rings. The lowest BCUT2D eigenvalue weighted by atomic mass is 9.99. The zero-order valence-corrected chi connectivity index (χ0v) is 16.5. The molecule has 0 N–H and O–H groups in total. The average Bonchev–Trinajstić information content (AvgIpc) is 2.72. The van der Waals surface area contributed by atoms with E-state index in [4.69, 9.17) is 18.9 Å². The van der Waals surface area contributed by atoms with E-state index in [0.29, 0.717) is 29.1 Å². The van der Waals surface area contributed by atoms with Crippen molar-refractivity contribution in [2.75, 3.05) is 28.4 Å². The van der Waals surface area contributed by atoms with E-state index in [1.54, 1.807) is 12.1 Å². The van der Waals surface area contributed by atoms with Crippen molar-refractivity contribution >= 4 is 24.0 Å². The number of methoxy groups -OCH3 is 4. The first-order valence-electron chi connectivity index (χ1n) is 8.11. The van der Waals surface area contributed by atoms with Crippen molar-refractivity contribution in [1.82, 2.24) is 0 Å². The fourth-order valence-corrected chi connectivity index (χ4v) is 3.84. The predicted octanol–water partition coefficient (Wildman–Crippen LogP) is 3.16. The Morgan fingerprint density at radius 2 is 1.59 bits per heavy atom. The van der Waals surface area contributed by atoms with Gasteiger partial charge in [-0.3, -0.25) is 4.79 Å². The number of thioether (sulfide) groups is 1. The second kappa shape index (κ2) is 9.32. The van der Waals surface area contributed by atoms with Crippen LogP contribution in [0, 0.1) is 0 Å². The number of aldehydes is 1. The third-order valence-electron chi connectivity index (χ3n) is 3.96. The van der Waals surface area contributed by atoms with Crippen LogP contribution in [0.25, 0.3) is 0 Å². The molecule has 0 aliphatic rings. The number of ether oxygens (including phenoxy) is 4. The minimum Gasteiger partial charge on any atom is -0.493 e. The first-order valence-corrected chi connectivity index (χ1v) is 8.93. The summed E-state index contributed by atoms with van der Waals surface area (Å²) in [5, 5.41) is 0. The van der Waals surface area contributed by atoms with Gasteiger partial charge < -0.3 is 23.7 Å². The van der Waals surface area contributed by atoms with Crippen LogP contribution in [0.4, 0.5) is 0 Å². The van der Waals surface area contributed by atoms with Crippen molar-refractivity contribution < 1.29 is 28.5 Å². The molecule has 2 aromatic carbocycles. The summed E-state index contributed by atoms with van der Waals surface area (Å²) >= 11 is 1.15. The van der Waals surface area contributed by atoms with Gasteiger partial charge >= 0.3 is 5.97 Å². The highest BCUT2D eigenvalue weighted by molar-refractivity contribution is 8.02. The van der Waals surface area contributed by atoms with Crippen molar-refractivity contribution in [2.45, 2.75) is 16.1 Å². The number of carbonyl (C=O) groups is 2. The fourth-order valence-electron chi connectivity index (χ4n) is 2.68. The first-order chi connectivity index (χ1) is 13.0. The van der Waals surface area contributed by atoms with E-state index < -0.39 is 10.7 Å². The minimum absolute atomic E-state index is 0.0967. The Balaban J connectivity index is 2.49. The van der Waals surface area contributed by atoms with Gasteiger partial charge in [-0.1, -0.05) is 30.0 Å². The Kier molecular flexibility index (Phi) is 7.12. The number of hydrogen-bond donors (Lipinski definition) is 0. The van der Waals surface area contributed by atoms with Crippen LogP contribution < -0.4 is 14.2 Å². The lowest BCUT2D eigenvalue weighted by Gasteiger charge is -2.25. The number of hydrogen-bond acceptors (Lipinski definition) is 7. The maximum absolute atomic E-state index is 12.5. The molecule has 6 nitrogen and oxygen atoms in total. The molecule has 2 rings (SSSR count). The lowest BCUT2D eigenvalue weighted by Crippen LogP contribution is -2.40. The van der Waals surface area contributed by atoms with Gasteiger partial charge in [0.15, 0.2) is 16.2 Å². The SMILES string of the molecule is COC(=O)C(C=O)(Cc1cc(OC)c(OC)c(OC)c1)Sc1ccccc1. The fraction of sp³-hybridized carbons (Fsp3) is 0.300. The predicted molar refractivity (Wildman–Crippen MR) is 103 cm³/mol. The summed E-state index contributed by atoms with van der Waals surface area (Å²) in [6.07, 6.45) is 0.721. The quantitative estimate of drug-likeness (QED) is 0.282. The molecular formula is C20H22O6S. The molecule has 0 saturated carbocycles. The van der Waals surface area contributed by atoms with Gasteiger partial charge in [0, 0.05) is 11.3 Å². The highest BCUT2D eigenvalue weighted by Gasteiger charge is 2.41. The van der Waals surface area contributed by atoms with E-state index in [1.165, 1.54) is 28.4 Å². The molecular weight excluding hydrogens is 368 g/mol. The summed E-state index contributed by atoms with van der Waals surface area (Å²) in [6.45, 7) is 0. The van der Waals surface area contributed by atoms with Crippen LogP contribution in [0.2, 0.25) is 0 Å². The minimum atomic E-state index is -1.44. The molecule has 0 spiro atoms. The topological polar surface area (TPSA) is 71.1 Å². The summed E-state index contributed by atoms with van der Waals surface area (Å²) in [6, 6.07) is 12.7. The molecule has 7 heteroatoms. The van der Waals surface area contributed by atoms with Crippen molar-refractivity contribution in [3.63, 3.8) is 0 Å². The molecule has 1 atom stereocenters. The third kappa shape index (κ3) is 4.54. The van der Waals surface area contributed by atoms with Gasteiger partial charge in [0.2, 0.25) is 5.75 Å². The largest absolute Gasteiger partial charge is 0.493 e. The summed E-state index contributed by atoms with van der Waals surface area (Å²) in [5.41, 5.74) is 0.672. The Labute approximate surface area is 162 Å². The summed E-state index contributed by atoms with van der Waals surface area (Å²) in [4.78, 5) is 25.4. The molecule has 0 bridgehead atoms.